The molecule has 3 aromatic carbocycles. The Morgan fingerprint density at radius 1 is 0.971 bits per heavy atom. The molecule has 1 aromatic heterocycles. The number of halogens is 4. The average Bonchev–Trinajstić information content (AvgIpc) is 3.27. The predicted octanol–water partition coefficient (Wildman–Crippen LogP) is 5.94. The summed E-state index contributed by atoms with van der Waals surface area (Å²) in [6.45, 7) is 3.66. The van der Waals surface area contributed by atoms with Crippen molar-refractivity contribution < 1.29 is 27.1 Å². The number of aromatic nitrogens is 2. The second kappa shape index (κ2) is 10.0. The second-order valence-electron chi connectivity index (χ2n) is 8.06. The van der Waals surface area contributed by atoms with Crippen LogP contribution in [0, 0.1) is 37.1 Å². The topological polar surface area (TPSA) is 56.1 Å². The zero-order valence-electron chi connectivity index (χ0n) is 18.9. The maximum Gasteiger partial charge on any atom is 0.256 e. The number of benzene rings is 3. The zero-order chi connectivity index (χ0) is 25.1. The van der Waals surface area contributed by atoms with E-state index in [4.69, 9.17) is 4.74 Å². The van der Waals surface area contributed by atoms with Crippen molar-refractivity contribution in [2.45, 2.75) is 27.0 Å². The van der Waals surface area contributed by atoms with Gasteiger partial charge in [-0.05, 0) is 43.2 Å². The lowest BCUT2D eigenvalue weighted by atomic mass is 10.1. The van der Waals surface area contributed by atoms with E-state index in [9.17, 15) is 22.4 Å². The molecule has 0 aliphatic rings. The fraction of sp³-hybridized carbons (Fsp3) is 0.154. The van der Waals surface area contributed by atoms with Gasteiger partial charge in [0, 0.05) is 23.9 Å². The average molecular weight is 483 g/mol. The van der Waals surface area contributed by atoms with Crippen molar-refractivity contribution in [3.05, 3.63) is 112 Å². The molecular weight excluding hydrogens is 462 g/mol. The second-order valence-corrected chi connectivity index (χ2v) is 8.06. The lowest BCUT2D eigenvalue weighted by Gasteiger charge is -2.11. The SMILES string of the molecule is Cc1ccc(OCc2cccc(C(=O)Nc3ccn(Cc4c(F)c(F)cc(F)c4F)n3)c2)c(C)c1. The third-order valence-electron chi connectivity index (χ3n) is 5.32. The van der Waals surface area contributed by atoms with E-state index in [1.165, 1.54) is 12.3 Å². The maximum atomic E-state index is 13.9. The van der Waals surface area contributed by atoms with Crippen LogP contribution < -0.4 is 10.1 Å². The van der Waals surface area contributed by atoms with Crippen LogP contribution in [0.15, 0.2) is 60.8 Å². The number of carbonyl (C=O) groups excluding carboxylic acids is 1. The van der Waals surface area contributed by atoms with Crippen LogP contribution in [-0.4, -0.2) is 15.7 Å². The van der Waals surface area contributed by atoms with E-state index in [-0.39, 0.29) is 18.5 Å². The van der Waals surface area contributed by atoms with Crippen molar-refractivity contribution in [3.63, 3.8) is 0 Å². The first-order chi connectivity index (χ1) is 16.7. The van der Waals surface area contributed by atoms with E-state index >= 15 is 0 Å². The first-order valence-electron chi connectivity index (χ1n) is 10.7. The van der Waals surface area contributed by atoms with Crippen LogP contribution in [0.25, 0.3) is 0 Å². The minimum absolute atomic E-state index is 0.102. The summed E-state index contributed by atoms with van der Waals surface area (Å²) in [6, 6.07) is 14.3. The number of rotatable bonds is 7. The highest BCUT2D eigenvalue weighted by Gasteiger charge is 2.20. The van der Waals surface area contributed by atoms with E-state index in [1.807, 2.05) is 38.1 Å². The molecule has 0 aliphatic carbocycles. The van der Waals surface area contributed by atoms with Crippen molar-refractivity contribution in [3.8, 4) is 5.75 Å². The van der Waals surface area contributed by atoms with Gasteiger partial charge in [-0.1, -0.05) is 29.8 Å². The van der Waals surface area contributed by atoms with Gasteiger partial charge < -0.3 is 10.1 Å². The van der Waals surface area contributed by atoms with Crippen molar-refractivity contribution in [1.29, 1.82) is 0 Å². The van der Waals surface area contributed by atoms with Crippen LogP contribution in [0.1, 0.15) is 32.6 Å². The van der Waals surface area contributed by atoms with Crippen molar-refractivity contribution in [2.24, 2.45) is 0 Å². The van der Waals surface area contributed by atoms with Crippen molar-refractivity contribution in [2.75, 3.05) is 5.32 Å². The molecule has 0 spiro atoms. The third-order valence-corrected chi connectivity index (χ3v) is 5.32. The van der Waals surface area contributed by atoms with Crippen molar-refractivity contribution >= 4 is 11.7 Å². The summed E-state index contributed by atoms with van der Waals surface area (Å²) in [5.74, 6) is -5.60. The van der Waals surface area contributed by atoms with Crippen LogP contribution in [0.2, 0.25) is 0 Å². The molecule has 0 aliphatic heterocycles. The molecule has 0 bridgehead atoms. The summed E-state index contributed by atoms with van der Waals surface area (Å²) >= 11 is 0. The quantitative estimate of drug-likeness (QED) is 0.262. The van der Waals surface area contributed by atoms with E-state index in [1.54, 1.807) is 18.2 Å². The molecule has 35 heavy (non-hydrogen) atoms. The van der Waals surface area contributed by atoms with Gasteiger partial charge >= 0.3 is 0 Å². The smallest absolute Gasteiger partial charge is 0.256 e. The molecule has 4 rings (SSSR count). The number of aryl methyl sites for hydroxylation is 2. The molecule has 0 saturated heterocycles. The number of hydrogen-bond acceptors (Lipinski definition) is 3. The highest BCUT2D eigenvalue weighted by atomic mass is 19.2. The molecule has 1 heterocycles. The molecule has 0 atom stereocenters. The highest BCUT2D eigenvalue weighted by Crippen LogP contribution is 2.22. The van der Waals surface area contributed by atoms with E-state index in [0.717, 1.165) is 27.1 Å². The summed E-state index contributed by atoms with van der Waals surface area (Å²) in [7, 11) is 0. The molecule has 1 N–H and O–H groups in total. The van der Waals surface area contributed by atoms with Crippen LogP contribution in [-0.2, 0) is 13.2 Å². The molecule has 5 nitrogen and oxygen atoms in total. The van der Waals surface area contributed by atoms with Gasteiger partial charge in [0.25, 0.3) is 5.91 Å². The number of carbonyl (C=O) groups is 1. The Kier molecular flexibility index (Phi) is 6.86. The molecule has 0 saturated carbocycles. The Morgan fingerprint density at radius 3 is 2.43 bits per heavy atom. The first-order valence-corrected chi connectivity index (χ1v) is 10.7. The summed E-state index contributed by atoms with van der Waals surface area (Å²) in [5.41, 5.74) is 2.47. The third kappa shape index (κ3) is 5.51. The summed E-state index contributed by atoms with van der Waals surface area (Å²) in [6.07, 6.45) is 1.32. The van der Waals surface area contributed by atoms with Crippen LogP contribution in [0.5, 0.6) is 5.75 Å². The molecular formula is C26H21F4N3O2. The lowest BCUT2D eigenvalue weighted by Crippen LogP contribution is -2.14. The van der Waals surface area contributed by atoms with Crippen molar-refractivity contribution in [1.82, 2.24) is 9.78 Å². The molecule has 0 fully saturated rings. The number of ether oxygens (including phenoxy) is 1. The number of amides is 1. The van der Waals surface area contributed by atoms with Gasteiger partial charge in [0.1, 0.15) is 12.4 Å². The maximum absolute atomic E-state index is 13.9. The van der Waals surface area contributed by atoms with Gasteiger partial charge in [-0.2, -0.15) is 5.10 Å². The summed E-state index contributed by atoms with van der Waals surface area (Å²) < 4.78 is 61.6. The number of nitrogens with zero attached hydrogens (tertiary/aromatic N) is 2. The Morgan fingerprint density at radius 2 is 1.71 bits per heavy atom. The van der Waals surface area contributed by atoms with Gasteiger partial charge in [0.2, 0.25) is 0 Å². The minimum atomic E-state index is -1.50. The Hall–Kier alpha value is -4.14. The Labute approximate surface area is 199 Å². The van der Waals surface area contributed by atoms with Gasteiger partial charge in [0.05, 0.1) is 12.1 Å². The lowest BCUT2D eigenvalue weighted by molar-refractivity contribution is 0.102. The normalized spacial score (nSPS) is 10.9. The Balaban J connectivity index is 1.42. The predicted molar refractivity (Wildman–Crippen MR) is 122 cm³/mol. The first kappa shape index (κ1) is 24.0. The summed E-state index contributed by atoms with van der Waals surface area (Å²) in [4.78, 5) is 12.7. The molecule has 4 aromatic rings. The standard InChI is InChI=1S/C26H21F4N3O2/c1-15-6-7-22(16(2)10-15)35-14-17-4-3-5-18(11-17)26(34)31-23-8-9-33(32-23)13-19-24(29)20(27)12-21(28)25(19)30/h3-12H,13-14H2,1-2H3,(H,31,32,34). The number of hydrogen-bond donors (Lipinski definition) is 1. The van der Waals surface area contributed by atoms with E-state index in [0.29, 0.717) is 5.56 Å². The number of anilines is 1. The minimum Gasteiger partial charge on any atom is -0.489 e. The molecule has 9 heteroatoms. The summed E-state index contributed by atoms with van der Waals surface area (Å²) in [5, 5.41) is 6.59. The van der Waals surface area contributed by atoms with Gasteiger partial charge in [-0.3, -0.25) is 9.48 Å². The zero-order valence-corrected chi connectivity index (χ0v) is 18.9. The van der Waals surface area contributed by atoms with E-state index in [2.05, 4.69) is 10.4 Å². The monoisotopic (exact) mass is 483 g/mol. The number of nitrogens with one attached hydrogen (secondary N) is 1. The van der Waals surface area contributed by atoms with Gasteiger partial charge in [0.15, 0.2) is 29.1 Å². The largest absolute Gasteiger partial charge is 0.489 e. The van der Waals surface area contributed by atoms with Crippen LogP contribution >= 0.6 is 0 Å². The highest BCUT2D eigenvalue weighted by molar-refractivity contribution is 6.03. The van der Waals surface area contributed by atoms with Gasteiger partial charge in [-0.15, -0.1) is 0 Å². The van der Waals surface area contributed by atoms with E-state index < -0.39 is 41.3 Å². The molecule has 1 amide bonds. The van der Waals surface area contributed by atoms with Crippen LogP contribution in [0.3, 0.4) is 0 Å². The fourth-order valence-corrected chi connectivity index (χ4v) is 3.55. The molecule has 0 radical (unpaired) electrons. The van der Waals surface area contributed by atoms with Gasteiger partial charge in [-0.25, -0.2) is 17.6 Å². The van der Waals surface area contributed by atoms with Crippen LogP contribution in [0.4, 0.5) is 23.4 Å². The molecule has 0 unspecified atom stereocenters. The Bertz CT molecular complexity index is 1380. The molecule has 180 valence electrons. The fourth-order valence-electron chi connectivity index (χ4n) is 3.55.